The van der Waals surface area contributed by atoms with Crippen molar-refractivity contribution in [2.24, 2.45) is 5.73 Å². The fourth-order valence-electron chi connectivity index (χ4n) is 1.68. The number of carbonyl (C=O) groups is 3. The summed E-state index contributed by atoms with van der Waals surface area (Å²) in [5.74, 6) is -2.57. The van der Waals surface area contributed by atoms with Gasteiger partial charge in [-0.05, 0) is 30.7 Å². The number of nitrogens with one attached hydrogen (secondary N) is 1. The second kappa shape index (κ2) is 8.01. The lowest BCUT2D eigenvalue weighted by Crippen LogP contribution is -2.42. The summed E-state index contributed by atoms with van der Waals surface area (Å²) in [4.78, 5) is 34.1. The van der Waals surface area contributed by atoms with Crippen LogP contribution in [0.3, 0.4) is 0 Å². The van der Waals surface area contributed by atoms with Crippen LogP contribution < -0.4 is 11.1 Å². The van der Waals surface area contributed by atoms with Crippen molar-refractivity contribution in [1.29, 1.82) is 0 Å². The largest absolute Gasteiger partial charge is 0.480 e. The molecule has 0 aliphatic rings. The number of hydrogen-bond acceptors (Lipinski definition) is 5. The molecule has 114 valence electrons. The van der Waals surface area contributed by atoms with E-state index in [1.165, 1.54) is 0 Å². The number of rotatable bonds is 7. The molecule has 0 bridgehead atoms. The van der Waals surface area contributed by atoms with E-state index in [4.69, 9.17) is 10.8 Å². The van der Waals surface area contributed by atoms with Crippen molar-refractivity contribution in [1.82, 2.24) is 5.32 Å². The van der Waals surface area contributed by atoms with Crippen molar-refractivity contribution < 1.29 is 24.2 Å². The Balaban J connectivity index is 2.72. The summed E-state index contributed by atoms with van der Waals surface area (Å²) in [5.41, 5.74) is 6.73. The molecule has 7 nitrogen and oxygen atoms in total. The molecule has 7 heteroatoms. The van der Waals surface area contributed by atoms with Gasteiger partial charge in [0.05, 0.1) is 13.5 Å². The molecule has 1 amide bonds. The molecule has 0 saturated carbocycles. The Morgan fingerprint density at radius 2 is 1.90 bits per heavy atom. The molecule has 1 atom stereocenters. The van der Waals surface area contributed by atoms with Gasteiger partial charge in [-0.25, -0.2) is 4.79 Å². The Morgan fingerprint density at radius 1 is 1.29 bits per heavy atom. The van der Waals surface area contributed by atoms with Crippen molar-refractivity contribution in [3.8, 4) is 0 Å². The summed E-state index contributed by atoms with van der Waals surface area (Å²) >= 11 is 0. The van der Waals surface area contributed by atoms with Crippen LogP contribution in [0.2, 0.25) is 0 Å². The number of carboxylic acids is 1. The van der Waals surface area contributed by atoms with Gasteiger partial charge < -0.3 is 20.9 Å². The Labute approximate surface area is 122 Å². The average molecular weight is 294 g/mol. The minimum Gasteiger partial charge on any atom is -0.480 e. The summed E-state index contributed by atoms with van der Waals surface area (Å²) in [5, 5.41) is 11.3. The van der Waals surface area contributed by atoms with E-state index in [1.54, 1.807) is 24.3 Å². The zero-order valence-electron chi connectivity index (χ0n) is 11.7. The SMILES string of the molecule is COC(=O)C[C@H](NC(=O)c1ccc(CCN)cc1)C(=O)O. The van der Waals surface area contributed by atoms with Gasteiger partial charge >= 0.3 is 11.9 Å². The Morgan fingerprint density at radius 3 is 2.38 bits per heavy atom. The third-order valence-electron chi connectivity index (χ3n) is 2.85. The maximum absolute atomic E-state index is 11.9. The lowest BCUT2D eigenvalue weighted by Gasteiger charge is -2.13. The zero-order chi connectivity index (χ0) is 15.8. The van der Waals surface area contributed by atoms with Crippen molar-refractivity contribution in [3.63, 3.8) is 0 Å². The van der Waals surface area contributed by atoms with E-state index in [0.29, 0.717) is 18.5 Å². The molecular weight excluding hydrogens is 276 g/mol. The van der Waals surface area contributed by atoms with E-state index < -0.39 is 30.3 Å². The van der Waals surface area contributed by atoms with Crippen molar-refractivity contribution >= 4 is 17.8 Å². The van der Waals surface area contributed by atoms with Crippen LogP contribution in [0.15, 0.2) is 24.3 Å². The van der Waals surface area contributed by atoms with E-state index in [2.05, 4.69) is 10.1 Å². The zero-order valence-corrected chi connectivity index (χ0v) is 11.7. The Hall–Kier alpha value is -2.41. The molecule has 0 radical (unpaired) electrons. The standard InChI is InChI=1S/C14H18N2O5/c1-21-12(17)8-11(14(19)20)16-13(18)10-4-2-9(3-5-10)6-7-15/h2-5,11H,6-8,15H2,1H3,(H,16,18)(H,19,20)/t11-/m0/s1. The molecule has 1 aromatic carbocycles. The summed E-state index contributed by atoms with van der Waals surface area (Å²) in [7, 11) is 1.15. The van der Waals surface area contributed by atoms with Crippen molar-refractivity contribution in [2.75, 3.05) is 13.7 Å². The van der Waals surface area contributed by atoms with Crippen LogP contribution >= 0.6 is 0 Å². The van der Waals surface area contributed by atoms with Gasteiger partial charge in [0.15, 0.2) is 0 Å². The van der Waals surface area contributed by atoms with Gasteiger partial charge in [0.2, 0.25) is 0 Å². The van der Waals surface area contributed by atoms with Gasteiger partial charge in [-0.2, -0.15) is 0 Å². The van der Waals surface area contributed by atoms with Gasteiger partial charge in [-0.3, -0.25) is 9.59 Å². The molecule has 1 rings (SSSR count). The first kappa shape index (κ1) is 16.6. The third-order valence-corrected chi connectivity index (χ3v) is 2.85. The second-order valence-electron chi connectivity index (χ2n) is 4.38. The van der Waals surface area contributed by atoms with Gasteiger partial charge in [-0.15, -0.1) is 0 Å². The van der Waals surface area contributed by atoms with Crippen LogP contribution in [0.5, 0.6) is 0 Å². The number of carbonyl (C=O) groups excluding carboxylic acids is 2. The molecule has 1 aromatic rings. The molecule has 0 fully saturated rings. The Bertz CT molecular complexity index is 513. The summed E-state index contributed by atoms with van der Waals surface area (Å²) in [6.45, 7) is 0.506. The molecule has 0 aromatic heterocycles. The average Bonchev–Trinajstić information content (AvgIpc) is 2.47. The predicted octanol–water partition coefficient (Wildman–Crippen LogP) is -0.0661. The number of esters is 1. The van der Waals surface area contributed by atoms with Gasteiger partial charge in [0, 0.05) is 5.56 Å². The number of aliphatic carboxylic acids is 1. The fraction of sp³-hybridized carbons (Fsp3) is 0.357. The third kappa shape index (κ3) is 5.23. The van der Waals surface area contributed by atoms with Gasteiger partial charge in [0.25, 0.3) is 5.91 Å². The van der Waals surface area contributed by atoms with Crippen molar-refractivity contribution in [3.05, 3.63) is 35.4 Å². The van der Waals surface area contributed by atoms with Crippen molar-refractivity contribution in [2.45, 2.75) is 18.9 Å². The van der Waals surface area contributed by atoms with Crippen LogP contribution in [0.4, 0.5) is 0 Å². The highest BCUT2D eigenvalue weighted by molar-refractivity contribution is 5.97. The molecule has 0 saturated heterocycles. The van der Waals surface area contributed by atoms with Gasteiger partial charge in [0.1, 0.15) is 6.04 Å². The topological polar surface area (TPSA) is 119 Å². The summed E-state index contributed by atoms with van der Waals surface area (Å²) in [6.07, 6.45) is 0.269. The number of carboxylic acid groups (broad SMARTS) is 1. The quantitative estimate of drug-likeness (QED) is 0.606. The van der Waals surface area contributed by atoms with Crippen LogP contribution in [0.25, 0.3) is 0 Å². The monoisotopic (exact) mass is 294 g/mol. The van der Waals surface area contributed by atoms with Crippen LogP contribution in [0.1, 0.15) is 22.3 Å². The molecule has 0 aliphatic carbocycles. The van der Waals surface area contributed by atoms with E-state index in [-0.39, 0.29) is 0 Å². The van der Waals surface area contributed by atoms with Crippen LogP contribution in [0, 0.1) is 0 Å². The van der Waals surface area contributed by atoms with Gasteiger partial charge in [-0.1, -0.05) is 12.1 Å². The molecule has 0 spiro atoms. The summed E-state index contributed by atoms with van der Waals surface area (Å²) < 4.78 is 4.40. The molecule has 21 heavy (non-hydrogen) atoms. The van der Waals surface area contributed by atoms with Crippen LogP contribution in [-0.2, 0) is 20.7 Å². The van der Waals surface area contributed by atoms with E-state index >= 15 is 0 Å². The highest BCUT2D eigenvalue weighted by Gasteiger charge is 2.24. The first-order valence-electron chi connectivity index (χ1n) is 6.37. The molecule has 0 heterocycles. The number of nitrogens with two attached hydrogens (primary N) is 1. The van der Waals surface area contributed by atoms with Crippen LogP contribution in [-0.4, -0.2) is 42.6 Å². The van der Waals surface area contributed by atoms with E-state index in [0.717, 1.165) is 12.7 Å². The number of hydrogen-bond donors (Lipinski definition) is 3. The first-order chi connectivity index (χ1) is 9.97. The second-order valence-corrected chi connectivity index (χ2v) is 4.38. The Kier molecular flexibility index (Phi) is 6.35. The van der Waals surface area contributed by atoms with E-state index in [9.17, 15) is 14.4 Å². The first-order valence-corrected chi connectivity index (χ1v) is 6.37. The lowest BCUT2D eigenvalue weighted by atomic mass is 10.1. The molecule has 4 N–H and O–H groups in total. The number of benzene rings is 1. The fourth-order valence-corrected chi connectivity index (χ4v) is 1.68. The predicted molar refractivity (Wildman–Crippen MR) is 74.7 cm³/mol. The number of ether oxygens (including phenoxy) is 1. The minimum absolute atomic E-state index is 0.312. The highest BCUT2D eigenvalue weighted by Crippen LogP contribution is 2.06. The smallest absolute Gasteiger partial charge is 0.326 e. The maximum Gasteiger partial charge on any atom is 0.326 e. The summed E-state index contributed by atoms with van der Waals surface area (Å²) in [6, 6.07) is 5.33. The normalized spacial score (nSPS) is 11.5. The lowest BCUT2D eigenvalue weighted by molar-refractivity contribution is -0.147. The van der Waals surface area contributed by atoms with E-state index in [1.807, 2.05) is 0 Å². The molecule has 0 aliphatic heterocycles. The number of amides is 1. The minimum atomic E-state index is -1.33. The number of methoxy groups -OCH3 is 1. The molecular formula is C14H18N2O5. The maximum atomic E-state index is 11.9. The highest BCUT2D eigenvalue weighted by atomic mass is 16.5. The molecule has 0 unspecified atom stereocenters.